The van der Waals surface area contributed by atoms with Gasteiger partial charge in [-0.1, -0.05) is 24.8 Å². The third-order valence-electron chi connectivity index (χ3n) is 2.60. The third-order valence-corrected chi connectivity index (χ3v) is 4.37. The molecule has 0 aliphatic rings. The standard InChI is InChI=1S/C12H15BrN4OS/c1-2-5-17-11(18)15-16-12(17)19-7-8-3-4-9(13)10(14)6-8/h3-4,6H,2,5,7,14H2,1H3,(H,15,18). The number of H-pyrrole nitrogens is 1. The van der Waals surface area contributed by atoms with Crippen molar-refractivity contribution in [2.45, 2.75) is 30.8 Å². The number of hydrogen-bond acceptors (Lipinski definition) is 4. The Balaban J connectivity index is 2.10. The van der Waals surface area contributed by atoms with Crippen molar-refractivity contribution in [3.05, 3.63) is 38.7 Å². The van der Waals surface area contributed by atoms with E-state index in [4.69, 9.17) is 5.73 Å². The highest BCUT2D eigenvalue weighted by Crippen LogP contribution is 2.25. The summed E-state index contributed by atoms with van der Waals surface area (Å²) in [6, 6.07) is 5.85. The van der Waals surface area contributed by atoms with E-state index in [-0.39, 0.29) is 5.69 Å². The van der Waals surface area contributed by atoms with Crippen LogP contribution in [0.3, 0.4) is 0 Å². The largest absolute Gasteiger partial charge is 0.398 e. The average molecular weight is 343 g/mol. The van der Waals surface area contributed by atoms with Crippen molar-refractivity contribution >= 4 is 33.4 Å². The molecule has 3 N–H and O–H groups in total. The minimum Gasteiger partial charge on any atom is -0.398 e. The Bertz CT molecular complexity index is 622. The van der Waals surface area contributed by atoms with Crippen LogP contribution in [0, 0.1) is 0 Å². The summed E-state index contributed by atoms with van der Waals surface area (Å²) in [7, 11) is 0. The topological polar surface area (TPSA) is 76.7 Å². The first-order valence-corrected chi connectivity index (χ1v) is 7.71. The second-order valence-electron chi connectivity index (χ2n) is 4.11. The molecule has 1 heterocycles. The summed E-state index contributed by atoms with van der Waals surface area (Å²) in [5.41, 5.74) is 7.50. The summed E-state index contributed by atoms with van der Waals surface area (Å²) in [5, 5.41) is 7.24. The number of nitrogens with one attached hydrogen (secondary N) is 1. The van der Waals surface area contributed by atoms with Gasteiger partial charge in [0.05, 0.1) is 0 Å². The first-order chi connectivity index (χ1) is 9.11. The van der Waals surface area contributed by atoms with Gasteiger partial charge in [-0.3, -0.25) is 4.57 Å². The summed E-state index contributed by atoms with van der Waals surface area (Å²) >= 11 is 4.89. The zero-order valence-corrected chi connectivity index (χ0v) is 12.9. The highest BCUT2D eigenvalue weighted by molar-refractivity contribution is 9.10. The monoisotopic (exact) mass is 342 g/mol. The maximum absolute atomic E-state index is 11.5. The Morgan fingerprint density at radius 1 is 1.53 bits per heavy atom. The lowest BCUT2D eigenvalue weighted by Crippen LogP contribution is -2.17. The fourth-order valence-electron chi connectivity index (χ4n) is 1.67. The van der Waals surface area contributed by atoms with Gasteiger partial charge >= 0.3 is 5.69 Å². The predicted molar refractivity (Wildman–Crippen MR) is 81.3 cm³/mol. The number of aromatic nitrogens is 3. The number of aromatic amines is 1. The number of halogens is 1. The van der Waals surface area contributed by atoms with Crippen LogP contribution in [-0.4, -0.2) is 14.8 Å². The minimum atomic E-state index is -0.153. The molecule has 5 nitrogen and oxygen atoms in total. The zero-order valence-electron chi connectivity index (χ0n) is 10.5. The summed E-state index contributed by atoms with van der Waals surface area (Å²) in [4.78, 5) is 11.5. The Labute approximate surface area is 123 Å². The van der Waals surface area contributed by atoms with Crippen molar-refractivity contribution in [1.29, 1.82) is 0 Å². The molecule has 1 aromatic heterocycles. The number of hydrogen-bond donors (Lipinski definition) is 2. The van der Waals surface area contributed by atoms with Gasteiger partial charge in [-0.15, -0.1) is 5.10 Å². The van der Waals surface area contributed by atoms with Gasteiger partial charge in [-0.25, -0.2) is 9.89 Å². The normalized spacial score (nSPS) is 10.8. The fourth-order valence-corrected chi connectivity index (χ4v) is 2.83. The number of nitrogens with two attached hydrogens (primary N) is 1. The molecule has 0 aliphatic carbocycles. The number of anilines is 1. The second-order valence-corrected chi connectivity index (χ2v) is 5.90. The number of nitrogens with zero attached hydrogens (tertiary/aromatic N) is 2. The summed E-state index contributed by atoms with van der Waals surface area (Å²) in [5.74, 6) is 0.728. The van der Waals surface area contributed by atoms with Crippen molar-refractivity contribution in [3.63, 3.8) is 0 Å². The second kappa shape index (κ2) is 6.29. The van der Waals surface area contributed by atoms with E-state index in [0.29, 0.717) is 17.4 Å². The van der Waals surface area contributed by atoms with E-state index in [1.54, 1.807) is 4.57 Å². The molecule has 0 unspecified atom stereocenters. The maximum Gasteiger partial charge on any atom is 0.343 e. The van der Waals surface area contributed by atoms with Crippen LogP contribution >= 0.6 is 27.7 Å². The SMILES string of the molecule is CCCn1c(SCc2ccc(Br)c(N)c2)n[nH]c1=O. The van der Waals surface area contributed by atoms with Crippen LogP contribution < -0.4 is 11.4 Å². The molecule has 0 spiro atoms. The quantitative estimate of drug-likeness (QED) is 0.646. The van der Waals surface area contributed by atoms with Gasteiger partial charge in [0.15, 0.2) is 5.16 Å². The summed E-state index contributed by atoms with van der Waals surface area (Å²) < 4.78 is 2.55. The Kier molecular flexibility index (Phi) is 4.71. The van der Waals surface area contributed by atoms with E-state index < -0.39 is 0 Å². The van der Waals surface area contributed by atoms with Crippen LogP contribution in [-0.2, 0) is 12.3 Å². The lowest BCUT2D eigenvalue weighted by molar-refractivity contribution is 0.604. The molecule has 1 aromatic carbocycles. The van der Waals surface area contributed by atoms with Crippen molar-refractivity contribution in [1.82, 2.24) is 14.8 Å². The molecule has 7 heteroatoms. The lowest BCUT2D eigenvalue weighted by Gasteiger charge is -2.05. The van der Waals surface area contributed by atoms with Gasteiger partial charge < -0.3 is 5.73 Å². The molecule has 0 saturated carbocycles. The smallest absolute Gasteiger partial charge is 0.343 e. The average Bonchev–Trinajstić information content (AvgIpc) is 2.73. The highest BCUT2D eigenvalue weighted by Gasteiger charge is 2.08. The molecule has 0 saturated heterocycles. The molecule has 0 fully saturated rings. The van der Waals surface area contributed by atoms with E-state index in [9.17, 15) is 4.79 Å². The van der Waals surface area contributed by atoms with Crippen LogP contribution in [0.4, 0.5) is 5.69 Å². The van der Waals surface area contributed by atoms with Crippen LogP contribution in [0.5, 0.6) is 0 Å². The van der Waals surface area contributed by atoms with Gasteiger partial charge in [-0.05, 0) is 40.0 Å². The molecule has 0 atom stereocenters. The summed E-state index contributed by atoms with van der Waals surface area (Å²) in [6.45, 7) is 2.71. The van der Waals surface area contributed by atoms with Gasteiger partial charge in [0, 0.05) is 22.5 Å². The molecule has 0 aliphatic heterocycles. The van der Waals surface area contributed by atoms with Gasteiger partial charge in [0.25, 0.3) is 0 Å². The fraction of sp³-hybridized carbons (Fsp3) is 0.333. The van der Waals surface area contributed by atoms with E-state index in [1.807, 2.05) is 25.1 Å². The molecule has 102 valence electrons. The maximum atomic E-state index is 11.5. The molecule has 2 rings (SSSR count). The summed E-state index contributed by atoms with van der Waals surface area (Å²) in [6.07, 6.45) is 0.901. The zero-order chi connectivity index (χ0) is 13.8. The Morgan fingerprint density at radius 3 is 3.00 bits per heavy atom. The van der Waals surface area contributed by atoms with E-state index >= 15 is 0 Å². The molecule has 19 heavy (non-hydrogen) atoms. The van der Waals surface area contributed by atoms with Crippen molar-refractivity contribution in [3.8, 4) is 0 Å². The minimum absolute atomic E-state index is 0.153. The van der Waals surface area contributed by atoms with Crippen molar-refractivity contribution in [2.24, 2.45) is 0 Å². The molecule has 0 amide bonds. The van der Waals surface area contributed by atoms with Gasteiger partial charge in [0.2, 0.25) is 0 Å². The number of rotatable bonds is 5. The van der Waals surface area contributed by atoms with E-state index in [1.165, 1.54) is 11.8 Å². The molecule has 2 aromatic rings. The van der Waals surface area contributed by atoms with Crippen molar-refractivity contribution in [2.75, 3.05) is 5.73 Å². The number of benzene rings is 1. The van der Waals surface area contributed by atoms with Crippen LogP contribution in [0.25, 0.3) is 0 Å². The van der Waals surface area contributed by atoms with Gasteiger partial charge in [0.1, 0.15) is 0 Å². The third kappa shape index (κ3) is 3.42. The first-order valence-electron chi connectivity index (χ1n) is 5.93. The molecular weight excluding hydrogens is 328 g/mol. The van der Waals surface area contributed by atoms with E-state index in [0.717, 1.165) is 22.2 Å². The molecular formula is C12H15BrN4OS. The van der Waals surface area contributed by atoms with Crippen molar-refractivity contribution < 1.29 is 0 Å². The van der Waals surface area contributed by atoms with Crippen LogP contribution in [0.1, 0.15) is 18.9 Å². The number of thioether (sulfide) groups is 1. The van der Waals surface area contributed by atoms with E-state index in [2.05, 4.69) is 26.1 Å². The van der Waals surface area contributed by atoms with Crippen LogP contribution in [0.2, 0.25) is 0 Å². The lowest BCUT2D eigenvalue weighted by atomic mass is 10.2. The predicted octanol–water partition coefficient (Wildman–Crippen LogP) is 2.62. The van der Waals surface area contributed by atoms with Gasteiger partial charge in [-0.2, -0.15) is 0 Å². The molecule has 0 radical (unpaired) electrons. The Hall–Kier alpha value is -1.21. The highest BCUT2D eigenvalue weighted by atomic mass is 79.9. The van der Waals surface area contributed by atoms with Crippen LogP contribution in [0.15, 0.2) is 32.6 Å². The first kappa shape index (κ1) is 14.2. The molecule has 0 bridgehead atoms. The number of nitrogen functional groups attached to an aromatic ring is 1. The Morgan fingerprint density at radius 2 is 2.32 bits per heavy atom.